The lowest BCUT2D eigenvalue weighted by Crippen LogP contribution is -2.22. The standard InChI is InChI=1S/C8H8N2O2/c11-8(9-6-10-12)7-4-2-1-3-5-7/h1-5H,6H2,(H,9,11). The third-order valence-corrected chi connectivity index (χ3v) is 1.34. The fourth-order valence-corrected chi connectivity index (χ4v) is 0.796. The van der Waals surface area contributed by atoms with Crippen LogP contribution in [-0.2, 0) is 0 Å². The lowest BCUT2D eigenvalue weighted by molar-refractivity contribution is 0.0955. The van der Waals surface area contributed by atoms with E-state index in [0.717, 1.165) is 0 Å². The molecule has 0 aromatic heterocycles. The summed E-state index contributed by atoms with van der Waals surface area (Å²) in [5, 5.41) is 4.85. The Morgan fingerprint density at radius 3 is 2.58 bits per heavy atom. The van der Waals surface area contributed by atoms with Crippen molar-refractivity contribution >= 4 is 5.91 Å². The fourth-order valence-electron chi connectivity index (χ4n) is 0.796. The molecule has 1 N–H and O–H groups in total. The summed E-state index contributed by atoms with van der Waals surface area (Å²) in [5.74, 6) is -0.282. The summed E-state index contributed by atoms with van der Waals surface area (Å²) < 4.78 is 0. The van der Waals surface area contributed by atoms with Crippen LogP contribution in [0.5, 0.6) is 0 Å². The van der Waals surface area contributed by atoms with Crippen molar-refractivity contribution in [3.63, 3.8) is 0 Å². The largest absolute Gasteiger partial charge is 0.330 e. The highest BCUT2D eigenvalue weighted by Gasteiger charge is 2.01. The third kappa shape index (κ3) is 2.16. The number of hydrogen-bond acceptors (Lipinski definition) is 3. The second-order valence-corrected chi connectivity index (χ2v) is 2.16. The molecule has 0 fully saturated rings. The Balaban J connectivity index is 2.59. The number of nitroso groups, excluding NO2 is 1. The van der Waals surface area contributed by atoms with Gasteiger partial charge in [0.15, 0.2) is 6.67 Å². The summed E-state index contributed by atoms with van der Waals surface area (Å²) in [6, 6.07) is 8.65. The van der Waals surface area contributed by atoms with Crippen molar-refractivity contribution in [2.45, 2.75) is 0 Å². The number of carbonyl (C=O) groups excluding carboxylic acids is 1. The topological polar surface area (TPSA) is 58.5 Å². The van der Waals surface area contributed by atoms with E-state index in [0.29, 0.717) is 5.56 Å². The number of rotatable bonds is 3. The highest BCUT2D eigenvalue weighted by molar-refractivity contribution is 5.94. The molecule has 1 aromatic carbocycles. The second-order valence-electron chi connectivity index (χ2n) is 2.16. The van der Waals surface area contributed by atoms with Gasteiger partial charge in [-0.15, -0.1) is 4.91 Å². The SMILES string of the molecule is O=NCNC(=O)c1ccccc1. The maximum atomic E-state index is 11.1. The molecule has 0 heterocycles. The minimum atomic E-state index is -0.282. The van der Waals surface area contributed by atoms with Crippen LogP contribution in [-0.4, -0.2) is 12.6 Å². The summed E-state index contributed by atoms with van der Waals surface area (Å²) in [6.45, 7) is -0.187. The molecule has 1 rings (SSSR count). The van der Waals surface area contributed by atoms with Gasteiger partial charge in [-0.3, -0.25) is 4.79 Å². The van der Waals surface area contributed by atoms with Crippen LogP contribution in [0.2, 0.25) is 0 Å². The Morgan fingerprint density at radius 2 is 2.00 bits per heavy atom. The molecule has 0 aliphatic rings. The van der Waals surface area contributed by atoms with E-state index in [1.54, 1.807) is 24.3 Å². The number of carbonyl (C=O) groups is 1. The van der Waals surface area contributed by atoms with Crippen LogP contribution in [0.25, 0.3) is 0 Å². The number of benzene rings is 1. The summed E-state index contributed by atoms with van der Waals surface area (Å²) in [6.07, 6.45) is 0. The molecule has 4 heteroatoms. The average molecular weight is 164 g/mol. The van der Waals surface area contributed by atoms with E-state index in [4.69, 9.17) is 0 Å². The van der Waals surface area contributed by atoms with Gasteiger partial charge >= 0.3 is 0 Å². The lowest BCUT2D eigenvalue weighted by atomic mass is 10.2. The predicted octanol–water partition coefficient (Wildman–Crippen LogP) is 1.14. The second kappa shape index (κ2) is 4.23. The van der Waals surface area contributed by atoms with E-state index in [2.05, 4.69) is 10.5 Å². The van der Waals surface area contributed by atoms with Crippen LogP contribution in [0, 0.1) is 4.91 Å². The van der Waals surface area contributed by atoms with Gasteiger partial charge in [-0.05, 0) is 17.3 Å². The van der Waals surface area contributed by atoms with Crippen molar-refractivity contribution in [3.8, 4) is 0 Å². The molecule has 12 heavy (non-hydrogen) atoms. The minimum Gasteiger partial charge on any atom is -0.330 e. The van der Waals surface area contributed by atoms with Gasteiger partial charge < -0.3 is 5.32 Å². The predicted molar refractivity (Wildman–Crippen MR) is 44.6 cm³/mol. The van der Waals surface area contributed by atoms with Crippen molar-refractivity contribution in [2.75, 3.05) is 6.67 Å². The van der Waals surface area contributed by atoms with Crippen molar-refractivity contribution in [3.05, 3.63) is 40.8 Å². The number of nitrogens with zero attached hydrogens (tertiary/aromatic N) is 1. The molecule has 0 atom stereocenters. The van der Waals surface area contributed by atoms with Crippen LogP contribution in [0.1, 0.15) is 10.4 Å². The zero-order valence-corrected chi connectivity index (χ0v) is 6.36. The highest BCUT2D eigenvalue weighted by Crippen LogP contribution is 1.96. The van der Waals surface area contributed by atoms with Gasteiger partial charge in [-0.2, -0.15) is 0 Å². The summed E-state index contributed by atoms with van der Waals surface area (Å²) in [5.41, 5.74) is 0.529. The van der Waals surface area contributed by atoms with Crippen molar-refractivity contribution in [2.24, 2.45) is 5.18 Å². The van der Waals surface area contributed by atoms with Gasteiger partial charge in [0, 0.05) is 5.56 Å². The van der Waals surface area contributed by atoms with E-state index in [1.165, 1.54) is 0 Å². The first kappa shape index (κ1) is 8.39. The van der Waals surface area contributed by atoms with Gasteiger partial charge in [-0.1, -0.05) is 18.2 Å². The molecule has 0 saturated carbocycles. The minimum absolute atomic E-state index is 0.187. The highest BCUT2D eigenvalue weighted by atomic mass is 16.3. The molecule has 62 valence electrons. The molecular formula is C8H8N2O2. The number of hydrogen-bond donors (Lipinski definition) is 1. The van der Waals surface area contributed by atoms with Crippen LogP contribution in [0.15, 0.2) is 35.5 Å². The van der Waals surface area contributed by atoms with Crippen LogP contribution < -0.4 is 5.32 Å². The van der Waals surface area contributed by atoms with Gasteiger partial charge in [0.05, 0.1) is 0 Å². The Morgan fingerprint density at radius 1 is 1.33 bits per heavy atom. The third-order valence-electron chi connectivity index (χ3n) is 1.34. The Labute approximate surface area is 69.6 Å². The molecule has 0 aliphatic heterocycles. The number of amides is 1. The normalized spacial score (nSPS) is 9.00. The zero-order valence-electron chi connectivity index (χ0n) is 6.36. The van der Waals surface area contributed by atoms with Crippen molar-refractivity contribution < 1.29 is 4.79 Å². The fraction of sp³-hybridized carbons (Fsp3) is 0.125. The molecule has 0 spiro atoms. The van der Waals surface area contributed by atoms with Gasteiger partial charge in [0.25, 0.3) is 5.91 Å². The first-order valence-corrected chi connectivity index (χ1v) is 3.47. The maximum absolute atomic E-state index is 11.1. The summed E-state index contributed by atoms with van der Waals surface area (Å²) in [7, 11) is 0. The lowest BCUT2D eigenvalue weighted by Gasteiger charge is -1.98. The van der Waals surface area contributed by atoms with Gasteiger partial charge in [0.1, 0.15) is 0 Å². The van der Waals surface area contributed by atoms with Crippen LogP contribution in [0.3, 0.4) is 0 Å². The summed E-state index contributed by atoms with van der Waals surface area (Å²) >= 11 is 0. The summed E-state index contributed by atoms with van der Waals surface area (Å²) in [4.78, 5) is 20.8. The smallest absolute Gasteiger partial charge is 0.252 e. The molecular weight excluding hydrogens is 156 g/mol. The van der Waals surface area contributed by atoms with Crippen molar-refractivity contribution in [1.29, 1.82) is 0 Å². The number of nitrogens with one attached hydrogen (secondary N) is 1. The quantitative estimate of drug-likeness (QED) is 0.681. The molecule has 1 aromatic rings. The first-order chi connectivity index (χ1) is 5.84. The Hall–Kier alpha value is -1.71. The van der Waals surface area contributed by atoms with Crippen molar-refractivity contribution in [1.82, 2.24) is 5.32 Å². The van der Waals surface area contributed by atoms with E-state index in [9.17, 15) is 9.70 Å². The molecule has 1 amide bonds. The van der Waals surface area contributed by atoms with Crippen LogP contribution >= 0.6 is 0 Å². The van der Waals surface area contributed by atoms with E-state index in [1.807, 2.05) is 6.07 Å². The van der Waals surface area contributed by atoms with E-state index in [-0.39, 0.29) is 12.6 Å². The molecule has 0 saturated heterocycles. The van der Waals surface area contributed by atoms with E-state index < -0.39 is 0 Å². The molecule has 4 nitrogen and oxygen atoms in total. The van der Waals surface area contributed by atoms with Gasteiger partial charge in [-0.25, -0.2) is 0 Å². The molecule has 0 aliphatic carbocycles. The maximum Gasteiger partial charge on any atom is 0.252 e. The monoisotopic (exact) mass is 164 g/mol. The van der Waals surface area contributed by atoms with Gasteiger partial charge in [0.2, 0.25) is 0 Å². The Bertz CT molecular complexity index is 272. The Kier molecular flexibility index (Phi) is 2.95. The molecule has 0 unspecified atom stereocenters. The first-order valence-electron chi connectivity index (χ1n) is 3.47. The molecule has 0 radical (unpaired) electrons. The molecule has 0 bridgehead atoms. The average Bonchev–Trinajstić information content (AvgIpc) is 2.15. The van der Waals surface area contributed by atoms with E-state index >= 15 is 0 Å². The van der Waals surface area contributed by atoms with Crippen LogP contribution in [0.4, 0.5) is 0 Å². The zero-order chi connectivity index (χ0) is 8.81.